The number of Topliss-reactive ketones (excluding diaryl/α,β-unsaturated/α-hetero) is 1. The fraction of sp³-hybridized carbons (Fsp3) is 0.577. The number of carbonyl (C=O) groups excluding carboxylic acids is 1. The Morgan fingerprint density at radius 3 is 2.46 bits per heavy atom. The second-order valence-corrected chi connectivity index (χ2v) is 7.12. The summed E-state index contributed by atoms with van der Waals surface area (Å²) in [5, 5.41) is 3.20. The van der Waals surface area contributed by atoms with E-state index in [9.17, 15) is 4.79 Å². The number of hydrogen-bond donors (Lipinski definition) is 1. The molecule has 0 radical (unpaired) electrons. The Balaban J connectivity index is 0.00000352. The van der Waals surface area contributed by atoms with Crippen LogP contribution in [0, 0.1) is 5.92 Å². The number of hydrogen-bond acceptors (Lipinski definition) is 2. The van der Waals surface area contributed by atoms with Crippen molar-refractivity contribution in [2.24, 2.45) is 5.92 Å². The highest BCUT2D eigenvalue weighted by molar-refractivity contribution is 5.96. The summed E-state index contributed by atoms with van der Waals surface area (Å²) in [7, 11) is 1.89. The predicted octanol–water partition coefficient (Wildman–Crippen LogP) is 7.46. The molecule has 0 bridgehead atoms. The van der Waals surface area contributed by atoms with Crippen molar-refractivity contribution in [3.63, 3.8) is 0 Å². The van der Waals surface area contributed by atoms with Crippen LogP contribution in [-0.2, 0) is 4.79 Å². The van der Waals surface area contributed by atoms with Gasteiger partial charge in [0.25, 0.3) is 0 Å². The van der Waals surface area contributed by atoms with E-state index in [1.165, 1.54) is 32.1 Å². The Labute approximate surface area is 174 Å². The van der Waals surface area contributed by atoms with E-state index in [4.69, 9.17) is 0 Å². The lowest BCUT2D eigenvalue weighted by Gasteiger charge is -2.12. The fourth-order valence-corrected chi connectivity index (χ4v) is 3.46. The molecule has 2 heteroatoms. The second kappa shape index (κ2) is 16.2. The van der Waals surface area contributed by atoms with Crippen LogP contribution in [0.4, 0.5) is 0 Å². The molecule has 1 atom stereocenters. The molecule has 1 unspecified atom stereocenters. The van der Waals surface area contributed by atoms with Crippen molar-refractivity contribution in [3.05, 3.63) is 58.9 Å². The van der Waals surface area contributed by atoms with Crippen molar-refractivity contribution in [2.45, 2.75) is 86.5 Å². The first-order valence-electron chi connectivity index (χ1n) is 11.2. The third-order valence-electron chi connectivity index (χ3n) is 4.91. The summed E-state index contributed by atoms with van der Waals surface area (Å²) >= 11 is 0. The molecule has 0 saturated heterocycles. The highest BCUT2D eigenvalue weighted by Crippen LogP contribution is 2.25. The van der Waals surface area contributed by atoms with Gasteiger partial charge in [0.05, 0.1) is 0 Å². The molecule has 0 saturated carbocycles. The molecule has 0 aromatic rings. The maximum atomic E-state index is 12.1. The van der Waals surface area contributed by atoms with E-state index in [2.05, 4.69) is 49.5 Å². The molecule has 0 fully saturated rings. The highest BCUT2D eigenvalue weighted by atomic mass is 16.1. The summed E-state index contributed by atoms with van der Waals surface area (Å²) < 4.78 is 0. The zero-order valence-corrected chi connectivity index (χ0v) is 19.4. The third kappa shape index (κ3) is 9.92. The molecule has 158 valence electrons. The molecule has 0 aromatic carbocycles. The van der Waals surface area contributed by atoms with E-state index < -0.39 is 0 Å². The van der Waals surface area contributed by atoms with Crippen molar-refractivity contribution in [2.75, 3.05) is 7.05 Å². The molecule has 0 aliphatic heterocycles. The van der Waals surface area contributed by atoms with Crippen LogP contribution < -0.4 is 5.32 Å². The first-order valence-corrected chi connectivity index (χ1v) is 11.2. The van der Waals surface area contributed by atoms with Gasteiger partial charge in [0, 0.05) is 18.3 Å². The van der Waals surface area contributed by atoms with Gasteiger partial charge in [-0.3, -0.25) is 4.79 Å². The predicted molar refractivity (Wildman–Crippen MR) is 125 cm³/mol. The minimum atomic E-state index is 0.110. The summed E-state index contributed by atoms with van der Waals surface area (Å²) in [6, 6.07) is 0. The Bertz CT molecular complexity index is 602. The molecule has 0 spiro atoms. The largest absolute Gasteiger partial charge is 0.391 e. The monoisotopic (exact) mass is 385 g/mol. The van der Waals surface area contributed by atoms with E-state index in [1.54, 1.807) is 12.5 Å². The topological polar surface area (TPSA) is 29.1 Å². The molecule has 1 aliphatic carbocycles. The first kappa shape index (κ1) is 26.2. The molecule has 0 amide bonds. The van der Waals surface area contributed by atoms with Crippen molar-refractivity contribution >= 4 is 5.78 Å². The van der Waals surface area contributed by atoms with E-state index in [0.29, 0.717) is 5.92 Å². The van der Waals surface area contributed by atoms with Crippen LogP contribution in [-0.4, -0.2) is 12.8 Å². The molecule has 1 N–H and O–H groups in total. The van der Waals surface area contributed by atoms with Crippen molar-refractivity contribution < 1.29 is 4.79 Å². The maximum Gasteiger partial charge on any atom is 0.161 e. The van der Waals surface area contributed by atoms with Crippen molar-refractivity contribution in [1.82, 2.24) is 5.32 Å². The standard InChI is InChI=1S/C24H37NO.C2H6/c1-6-12-21(18-19(3)22-14-10-8-9-11-15-22)16-17-23(20(4)26)24(25-5)13-7-2;1-2/h6,12,14,16-19,25H,7-11,13,15H2,1-5H3;1-2H3/b12-6-,17-16+,21-18+,24-23+;. The molecule has 0 heterocycles. The lowest BCUT2D eigenvalue weighted by Crippen LogP contribution is -2.12. The Morgan fingerprint density at radius 1 is 1.18 bits per heavy atom. The van der Waals surface area contributed by atoms with Gasteiger partial charge in [0.1, 0.15) is 0 Å². The van der Waals surface area contributed by atoms with E-state index in [1.807, 2.05) is 33.9 Å². The number of rotatable bonds is 9. The van der Waals surface area contributed by atoms with Crippen LogP contribution in [0.25, 0.3) is 0 Å². The van der Waals surface area contributed by atoms with E-state index in [-0.39, 0.29) is 5.78 Å². The van der Waals surface area contributed by atoms with Gasteiger partial charge in [-0.2, -0.15) is 0 Å². The number of nitrogens with one attached hydrogen (secondary N) is 1. The summed E-state index contributed by atoms with van der Waals surface area (Å²) in [4.78, 5) is 12.1. The van der Waals surface area contributed by atoms with Gasteiger partial charge < -0.3 is 5.32 Å². The summed E-state index contributed by atoms with van der Waals surface area (Å²) in [5.74, 6) is 0.548. The van der Waals surface area contributed by atoms with Gasteiger partial charge in [-0.25, -0.2) is 0 Å². The van der Waals surface area contributed by atoms with Crippen LogP contribution in [0.1, 0.15) is 86.5 Å². The van der Waals surface area contributed by atoms with Crippen molar-refractivity contribution in [3.8, 4) is 0 Å². The SMILES string of the molecule is CC.C\C=C/C(/C=C/C(C(C)=O)=C(/CCC)NC)=C\C(C)C1=CCCCCC1. The molecular formula is C26H43NO. The van der Waals surface area contributed by atoms with Gasteiger partial charge in [-0.15, -0.1) is 0 Å². The van der Waals surface area contributed by atoms with Gasteiger partial charge in [-0.05, 0) is 63.5 Å². The van der Waals surface area contributed by atoms with Gasteiger partial charge in [-0.1, -0.05) is 76.5 Å². The minimum Gasteiger partial charge on any atom is -0.391 e. The van der Waals surface area contributed by atoms with Crippen LogP contribution >= 0.6 is 0 Å². The fourth-order valence-electron chi connectivity index (χ4n) is 3.46. The molecular weight excluding hydrogens is 342 g/mol. The van der Waals surface area contributed by atoms with Crippen LogP contribution in [0.2, 0.25) is 0 Å². The zero-order valence-electron chi connectivity index (χ0n) is 19.4. The van der Waals surface area contributed by atoms with Gasteiger partial charge >= 0.3 is 0 Å². The van der Waals surface area contributed by atoms with Gasteiger partial charge in [0.15, 0.2) is 5.78 Å². The van der Waals surface area contributed by atoms with Crippen LogP contribution in [0.15, 0.2) is 58.9 Å². The first-order chi connectivity index (χ1) is 13.5. The van der Waals surface area contributed by atoms with Gasteiger partial charge in [0.2, 0.25) is 0 Å². The van der Waals surface area contributed by atoms with E-state index >= 15 is 0 Å². The Hall–Kier alpha value is -1.83. The van der Waals surface area contributed by atoms with Crippen molar-refractivity contribution in [1.29, 1.82) is 0 Å². The summed E-state index contributed by atoms with van der Waals surface area (Å²) in [6.07, 6.45) is 21.3. The number of ketones is 1. The highest BCUT2D eigenvalue weighted by Gasteiger charge is 2.10. The molecule has 1 aliphatic rings. The van der Waals surface area contributed by atoms with E-state index in [0.717, 1.165) is 29.7 Å². The van der Waals surface area contributed by atoms with Crippen LogP contribution in [0.3, 0.4) is 0 Å². The number of allylic oxidation sites excluding steroid dienone is 10. The summed E-state index contributed by atoms with van der Waals surface area (Å²) in [5.41, 5.74) is 4.53. The normalized spacial score (nSPS) is 17.4. The molecule has 1 rings (SSSR count). The lowest BCUT2D eigenvalue weighted by atomic mass is 9.94. The second-order valence-electron chi connectivity index (χ2n) is 7.12. The average molecular weight is 386 g/mol. The minimum absolute atomic E-state index is 0.110. The molecule has 2 nitrogen and oxygen atoms in total. The molecule has 28 heavy (non-hydrogen) atoms. The lowest BCUT2D eigenvalue weighted by molar-refractivity contribution is -0.113. The number of carbonyl (C=O) groups is 1. The maximum absolute atomic E-state index is 12.1. The average Bonchev–Trinajstić information content (AvgIpc) is 2.98. The van der Waals surface area contributed by atoms with Crippen LogP contribution in [0.5, 0.6) is 0 Å². The quantitative estimate of drug-likeness (QED) is 0.253. The Kier molecular flexibility index (Phi) is 15.1. The smallest absolute Gasteiger partial charge is 0.161 e. The Morgan fingerprint density at radius 2 is 1.89 bits per heavy atom. The molecule has 0 aromatic heterocycles. The zero-order chi connectivity index (χ0) is 21.4. The summed E-state index contributed by atoms with van der Waals surface area (Å²) in [6.45, 7) is 12.1. The third-order valence-corrected chi connectivity index (χ3v) is 4.91.